The van der Waals surface area contributed by atoms with Gasteiger partial charge in [0, 0.05) is 45.6 Å². The van der Waals surface area contributed by atoms with Gasteiger partial charge < -0.3 is 19.9 Å². The van der Waals surface area contributed by atoms with Crippen LogP contribution in [0.25, 0.3) is 0 Å². The highest BCUT2D eigenvalue weighted by atomic mass is 16.6. The number of rotatable bonds is 12. The Labute approximate surface area is 254 Å². The topological polar surface area (TPSA) is 74.8 Å². The SMILES string of the molecule is CC1CCC(C(C)C)C(OC(=O)N(C)CCN(CCC23CC4CC(CC(C4)C2)C3)C(=O)NCCCc2ccncc2)C1. The summed E-state index contributed by atoms with van der Waals surface area (Å²) in [6.07, 6.45) is 17.9. The molecule has 1 aromatic heterocycles. The number of nitrogens with one attached hydrogen (secondary N) is 1. The summed E-state index contributed by atoms with van der Waals surface area (Å²) >= 11 is 0. The number of nitrogens with zero attached hydrogens (tertiary/aromatic N) is 3. The van der Waals surface area contributed by atoms with Crippen molar-refractivity contribution in [2.24, 2.45) is 40.9 Å². The molecule has 3 amide bonds. The van der Waals surface area contributed by atoms with E-state index >= 15 is 0 Å². The maximum atomic E-state index is 13.5. The van der Waals surface area contributed by atoms with E-state index in [0.717, 1.165) is 56.4 Å². The van der Waals surface area contributed by atoms with Crippen molar-refractivity contribution in [3.8, 4) is 0 Å². The predicted molar refractivity (Wildman–Crippen MR) is 167 cm³/mol. The van der Waals surface area contributed by atoms with Crippen molar-refractivity contribution in [3.05, 3.63) is 30.1 Å². The van der Waals surface area contributed by atoms with Crippen LogP contribution < -0.4 is 5.32 Å². The maximum absolute atomic E-state index is 13.5. The third-order valence-corrected chi connectivity index (χ3v) is 11.3. The molecule has 0 saturated heterocycles. The fraction of sp³-hybridized carbons (Fsp3) is 0.800. The van der Waals surface area contributed by atoms with E-state index in [1.54, 1.807) is 4.90 Å². The van der Waals surface area contributed by atoms with Gasteiger partial charge in [-0.25, -0.2) is 9.59 Å². The van der Waals surface area contributed by atoms with Gasteiger partial charge in [-0.15, -0.1) is 0 Å². The summed E-state index contributed by atoms with van der Waals surface area (Å²) in [5.41, 5.74) is 1.66. The molecule has 1 aromatic rings. The molecular weight excluding hydrogens is 524 g/mol. The lowest BCUT2D eigenvalue weighted by atomic mass is 9.49. The molecule has 5 aliphatic rings. The van der Waals surface area contributed by atoms with E-state index in [9.17, 15) is 9.59 Å². The van der Waals surface area contributed by atoms with Crippen LogP contribution in [-0.2, 0) is 11.2 Å². The minimum atomic E-state index is -0.251. The Morgan fingerprint density at radius 2 is 1.67 bits per heavy atom. The van der Waals surface area contributed by atoms with Crippen LogP contribution in [0.15, 0.2) is 24.5 Å². The van der Waals surface area contributed by atoms with Gasteiger partial charge in [-0.05, 0) is 129 Å². The number of ether oxygens (including phenoxy) is 1. The van der Waals surface area contributed by atoms with Gasteiger partial charge in [-0.1, -0.05) is 27.2 Å². The predicted octanol–water partition coefficient (Wildman–Crippen LogP) is 7.16. The number of amides is 3. The summed E-state index contributed by atoms with van der Waals surface area (Å²) in [4.78, 5) is 34.4. The van der Waals surface area contributed by atoms with E-state index in [1.165, 1.54) is 50.5 Å². The van der Waals surface area contributed by atoms with Crippen LogP contribution in [0.3, 0.4) is 0 Å². The van der Waals surface area contributed by atoms with Crippen LogP contribution in [0.1, 0.15) is 97.0 Å². The van der Waals surface area contributed by atoms with Crippen LogP contribution in [-0.4, -0.2) is 66.2 Å². The zero-order chi connectivity index (χ0) is 29.7. The van der Waals surface area contributed by atoms with E-state index in [-0.39, 0.29) is 18.2 Å². The van der Waals surface area contributed by atoms with Crippen molar-refractivity contribution in [3.63, 3.8) is 0 Å². The van der Waals surface area contributed by atoms with Gasteiger partial charge in [0.1, 0.15) is 6.10 Å². The van der Waals surface area contributed by atoms with Crippen molar-refractivity contribution < 1.29 is 14.3 Å². The number of carbonyl (C=O) groups is 2. The highest BCUT2D eigenvalue weighted by Crippen LogP contribution is 2.61. The van der Waals surface area contributed by atoms with Crippen molar-refractivity contribution in [1.29, 1.82) is 0 Å². The number of pyridine rings is 1. The monoisotopic (exact) mass is 580 g/mol. The molecule has 1 N–H and O–H groups in total. The summed E-state index contributed by atoms with van der Waals surface area (Å²) in [5.74, 6) is 4.24. The molecule has 5 aliphatic carbocycles. The largest absolute Gasteiger partial charge is 0.446 e. The molecule has 42 heavy (non-hydrogen) atoms. The molecule has 0 spiro atoms. The fourth-order valence-electron chi connectivity index (χ4n) is 9.26. The van der Waals surface area contributed by atoms with Crippen LogP contribution in [0.2, 0.25) is 0 Å². The van der Waals surface area contributed by atoms with E-state index in [2.05, 4.69) is 31.1 Å². The Morgan fingerprint density at radius 3 is 2.31 bits per heavy atom. The van der Waals surface area contributed by atoms with Crippen LogP contribution in [0, 0.1) is 40.9 Å². The second-order valence-electron chi connectivity index (χ2n) is 15.0. The molecule has 5 fully saturated rings. The Morgan fingerprint density at radius 1 is 1.00 bits per heavy atom. The van der Waals surface area contributed by atoms with Crippen molar-refractivity contribution in [2.45, 2.75) is 104 Å². The second-order valence-corrected chi connectivity index (χ2v) is 15.0. The minimum absolute atomic E-state index is 0.00259. The van der Waals surface area contributed by atoms with Gasteiger partial charge in [0.05, 0.1) is 0 Å². The number of aryl methyl sites for hydroxylation is 1. The zero-order valence-electron chi connectivity index (χ0n) is 26.7. The van der Waals surface area contributed by atoms with Gasteiger partial charge in [-0.3, -0.25) is 4.98 Å². The van der Waals surface area contributed by atoms with Gasteiger partial charge in [0.15, 0.2) is 0 Å². The summed E-state index contributed by atoms with van der Waals surface area (Å²) in [5, 5.41) is 3.19. The molecule has 3 unspecified atom stereocenters. The Bertz CT molecular complexity index is 995. The molecule has 3 atom stereocenters. The normalized spacial score (nSPS) is 31.6. The van der Waals surface area contributed by atoms with E-state index in [0.29, 0.717) is 42.8 Å². The molecular formula is C35H56N4O3. The summed E-state index contributed by atoms with van der Waals surface area (Å²) < 4.78 is 6.10. The summed E-state index contributed by atoms with van der Waals surface area (Å²) in [7, 11) is 1.82. The number of aromatic nitrogens is 1. The van der Waals surface area contributed by atoms with Gasteiger partial charge in [0.2, 0.25) is 0 Å². The first kappa shape index (κ1) is 31.1. The molecule has 0 aliphatic heterocycles. The maximum Gasteiger partial charge on any atom is 0.409 e. The fourth-order valence-corrected chi connectivity index (χ4v) is 9.26. The molecule has 6 rings (SSSR count). The first-order chi connectivity index (χ1) is 20.2. The second kappa shape index (κ2) is 14.0. The molecule has 234 valence electrons. The lowest BCUT2D eigenvalue weighted by Crippen LogP contribution is -2.50. The Balaban J connectivity index is 1.15. The molecule has 7 nitrogen and oxygen atoms in total. The third kappa shape index (κ3) is 7.99. The van der Waals surface area contributed by atoms with Gasteiger partial charge in [-0.2, -0.15) is 0 Å². The van der Waals surface area contributed by atoms with Gasteiger partial charge >= 0.3 is 12.1 Å². The van der Waals surface area contributed by atoms with E-state index in [4.69, 9.17) is 4.74 Å². The van der Waals surface area contributed by atoms with Gasteiger partial charge in [0.25, 0.3) is 0 Å². The number of likely N-dealkylation sites (N-methyl/N-ethyl adjacent to an activating group) is 1. The molecule has 7 heteroatoms. The first-order valence-corrected chi connectivity index (χ1v) is 17.0. The molecule has 0 radical (unpaired) electrons. The van der Waals surface area contributed by atoms with E-state index < -0.39 is 0 Å². The van der Waals surface area contributed by atoms with E-state index in [1.807, 2.05) is 36.5 Å². The number of hydrogen-bond donors (Lipinski definition) is 1. The average Bonchev–Trinajstić information content (AvgIpc) is 2.94. The zero-order valence-corrected chi connectivity index (χ0v) is 26.7. The standard InChI is InChI=1S/C35H56N4O3/c1-25(2)31-8-7-26(3)18-32(31)42-34(41)38(4)16-17-39(33(40)37-12-5-6-27-9-13-36-14-10-27)15-11-35-22-28-19-29(23-35)21-30(20-28)24-35/h9-10,13-14,25-26,28-32H,5-8,11-12,15-24H2,1-4H3,(H,37,40). The number of hydrogen-bond acceptors (Lipinski definition) is 4. The average molecular weight is 581 g/mol. The molecule has 5 saturated carbocycles. The van der Waals surface area contributed by atoms with Crippen molar-refractivity contribution >= 4 is 12.1 Å². The minimum Gasteiger partial charge on any atom is -0.446 e. The number of carbonyl (C=O) groups excluding carboxylic acids is 2. The molecule has 4 bridgehead atoms. The highest BCUT2D eigenvalue weighted by molar-refractivity contribution is 5.74. The quantitative estimate of drug-likeness (QED) is 0.266. The lowest BCUT2D eigenvalue weighted by molar-refractivity contribution is -0.0597. The molecule has 1 heterocycles. The first-order valence-electron chi connectivity index (χ1n) is 17.0. The Kier molecular flexibility index (Phi) is 10.4. The van der Waals surface area contributed by atoms with Crippen LogP contribution >= 0.6 is 0 Å². The number of urea groups is 1. The van der Waals surface area contributed by atoms with Crippen LogP contribution in [0.5, 0.6) is 0 Å². The van der Waals surface area contributed by atoms with Crippen molar-refractivity contribution in [2.75, 3.05) is 33.2 Å². The Hall–Kier alpha value is -2.31. The summed E-state index contributed by atoms with van der Waals surface area (Å²) in [6, 6.07) is 4.06. The van der Waals surface area contributed by atoms with Crippen molar-refractivity contribution in [1.82, 2.24) is 20.1 Å². The highest BCUT2D eigenvalue weighted by Gasteiger charge is 2.50. The van der Waals surface area contributed by atoms with Crippen LogP contribution in [0.4, 0.5) is 9.59 Å². The smallest absolute Gasteiger partial charge is 0.409 e. The third-order valence-electron chi connectivity index (χ3n) is 11.3. The lowest BCUT2D eigenvalue weighted by Gasteiger charge is -2.57. The molecule has 0 aromatic carbocycles. The summed E-state index contributed by atoms with van der Waals surface area (Å²) in [6.45, 7) is 9.16.